The van der Waals surface area contributed by atoms with Crippen LogP contribution >= 0.6 is 24.0 Å². The van der Waals surface area contributed by atoms with E-state index in [1.165, 1.54) is 0 Å². The zero-order valence-electron chi connectivity index (χ0n) is 14.7. The molecule has 1 N–H and O–H groups in total. The number of nitrogens with zero attached hydrogens (tertiary/aromatic N) is 4. The summed E-state index contributed by atoms with van der Waals surface area (Å²) in [4.78, 5) is 14.6. The predicted molar refractivity (Wildman–Crippen MR) is 103 cm³/mol. The van der Waals surface area contributed by atoms with Crippen LogP contribution in [-0.2, 0) is 13.1 Å². The van der Waals surface area contributed by atoms with E-state index in [0.29, 0.717) is 16.5 Å². The van der Waals surface area contributed by atoms with E-state index in [0.717, 1.165) is 62.8 Å². The molecule has 0 atom stereocenters. The van der Waals surface area contributed by atoms with Crippen LogP contribution in [0.5, 0.6) is 0 Å². The van der Waals surface area contributed by atoms with Gasteiger partial charge in [0, 0.05) is 42.7 Å². The number of piperidine rings is 1. The molecule has 0 radical (unpaired) electrons. The molecule has 1 saturated heterocycles. The van der Waals surface area contributed by atoms with Gasteiger partial charge in [0.25, 0.3) is 5.91 Å². The molecule has 1 fully saturated rings. The first-order chi connectivity index (χ1) is 12.1. The first-order valence-electron chi connectivity index (χ1n) is 8.81. The molecule has 0 bridgehead atoms. The summed E-state index contributed by atoms with van der Waals surface area (Å²) in [5.74, 6) is 2.55. The lowest BCUT2D eigenvalue weighted by atomic mass is 9.95. The van der Waals surface area contributed by atoms with Gasteiger partial charge in [0.1, 0.15) is 11.6 Å². The molecular formula is C18H23Cl2N5O. The number of aryl methyl sites for hydroxylation is 1. The Hall–Kier alpha value is -1.63. The largest absolute Gasteiger partial charge is 0.339 e. The van der Waals surface area contributed by atoms with Crippen molar-refractivity contribution in [1.29, 1.82) is 0 Å². The second-order valence-electron chi connectivity index (χ2n) is 6.83. The zero-order valence-corrected chi connectivity index (χ0v) is 16.3. The Labute approximate surface area is 164 Å². The molecule has 8 heteroatoms. The van der Waals surface area contributed by atoms with Crippen LogP contribution in [0.4, 0.5) is 0 Å². The fourth-order valence-corrected chi connectivity index (χ4v) is 3.85. The van der Waals surface area contributed by atoms with E-state index in [1.54, 1.807) is 6.07 Å². The van der Waals surface area contributed by atoms with Crippen molar-refractivity contribution in [3.8, 4) is 0 Å². The average molecular weight is 396 g/mol. The summed E-state index contributed by atoms with van der Waals surface area (Å²) in [6.45, 7) is 6.11. The summed E-state index contributed by atoms with van der Waals surface area (Å²) >= 11 is 6.16. The normalized spacial score (nSPS) is 17.5. The Morgan fingerprint density at radius 2 is 2.00 bits per heavy atom. The van der Waals surface area contributed by atoms with Crippen molar-refractivity contribution < 1.29 is 4.79 Å². The van der Waals surface area contributed by atoms with E-state index in [9.17, 15) is 4.79 Å². The van der Waals surface area contributed by atoms with Gasteiger partial charge in [-0.05, 0) is 37.5 Å². The van der Waals surface area contributed by atoms with E-state index in [2.05, 4.69) is 20.1 Å². The second kappa shape index (κ2) is 7.94. The Morgan fingerprint density at radius 3 is 2.73 bits per heavy atom. The number of fused-ring (bicyclic) bond motifs is 1. The number of hydrogen-bond donors (Lipinski definition) is 1. The third-order valence-corrected chi connectivity index (χ3v) is 5.62. The standard InChI is InChI=1S/C18H22ClN5O.ClH/c1-12-2-3-14(10-15(12)19)18(25)23-7-4-13(5-8-23)17-22-21-16-11-20-6-9-24(16)17;/h2-3,10,13,20H,4-9,11H2,1H3;1H. The highest BCUT2D eigenvalue weighted by atomic mass is 35.5. The third-order valence-electron chi connectivity index (χ3n) is 5.22. The molecule has 2 aliphatic heterocycles. The van der Waals surface area contributed by atoms with E-state index in [1.807, 2.05) is 24.0 Å². The highest BCUT2D eigenvalue weighted by Crippen LogP contribution is 2.29. The summed E-state index contributed by atoms with van der Waals surface area (Å²) < 4.78 is 2.25. The Morgan fingerprint density at radius 1 is 1.23 bits per heavy atom. The van der Waals surface area contributed by atoms with Crippen LogP contribution in [0.3, 0.4) is 0 Å². The van der Waals surface area contributed by atoms with E-state index >= 15 is 0 Å². The number of rotatable bonds is 2. The third kappa shape index (κ3) is 3.59. The van der Waals surface area contributed by atoms with Crippen LogP contribution < -0.4 is 5.32 Å². The van der Waals surface area contributed by atoms with Crippen molar-refractivity contribution in [2.75, 3.05) is 19.6 Å². The van der Waals surface area contributed by atoms with Crippen LogP contribution in [0.25, 0.3) is 0 Å². The first-order valence-corrected chi connectivity index (χ1v) is 9.19. The van der Waals surface area contributed by atoms with Gasteiger partial charge < -0.3 is 14.8 Å². The Balaban J connectivity index is 0.00000196. The Kier molecular flexibility index (Phi) is 5.85. The molecule has 1 aromatic heterocycles. The number of amides is 1. The maximum atomic E-state index is 12.7. The van der Waals surface area contributed by atoms with Crippen molar-refractivity contribution in [3.05, 3.63) is 46.0 Å². The lowest BCUT2D eigenvalue weighted by Gasteiger charge is -2.32. The van der Waals surface area contributed by atoms with Crippen molar-refractivity contribution in [3.63, 3.8) is 0 Å². The molecule has 2 aliphatic rings. The zero-order chi connectivity index (χ0) is 17.4. The van der Waals surface area contributed by atoms with Crippen molar-refractivity contribution >= 4 is 29.9 Å². The number of aromatic nitrogens is 3. The molecule has 26 heavy (non-hydrogen) atoms. The predicted octanol–water partition coefficient (Wildman–Crippen LogP) is 2.78. The van der Waals surface area contributed by atoms with Gasteiger partial charge >= 0.3 is 0 Å². The Bertz CT molecular complexity index is 799. The van der Waals surface area contributed by atoms with Crippen LogP contribution in [0.15, 0.2) is 18.2 Å². The molecule has 3 heterocycles. The first kappa shape index (κ1) is 19.1. The van der Waals surface area contributed by atoms with Gasteiger partial charge in [0.15, 0.2) is 0 Å². The van der Waals surface area contributed by atoms with Crippen LogP contribution in [0, 0.1) is 6.92 Å². The minimum atomic E-state index is 0. The van der Waals surface area contributed by atoms with Gasteiger partial charge in [-0.25, -0.2) is 0 Å². The topological polar surface area (TPSA) is 63.1 Å². The SMILES string of the molecule is Cc1ccc(C(=O)N2CCC(c3nnc4n3CCNC4)CC2)cc1Cl.Cl. The van der Waals surface area contributed by atoms with E-state index < -0.39 is 0 Å². The molecule has 1 aromatic carbocycles. The summed E-state index contributed by atoms with van der Waals surface area (Å²) in [6.07, 6.45) is 1.85. The molecule has 0 unspecified atom stereocenters. The fraction of sp³-hybridized carbons (Fsp3) is 0.500. The average Bonchev–Trinajstić information content (AvgIpc) is 3.08. The van der Waals surface area contributed by atoms with Gasteiger partial charge in [-0.15, -0.1) is 22.6 Å². The van der Waals surface area contributed by atoms with Crippen LogP contribution in [0.1, 0.15) is 46.3 Å². The van der Waals surface area contributed by atoms with Crippen molar-refractivity contribution in [1.82, 2.24) is 25.0 Å². The van der Waals surface area contributed by atoms with Gasteiger partial charge in [-0.3, -0.25) is 4.79 Å². The number of hydrogen-bond acceptors (Lipinski definition) is 4. The number of carbonyl (C=O) groups excluding carboxylic acids is 1. The van der Waals surface area contributed by atoms with E-state index in [-0.39, 0.29) is 18.3 Å². The smallest absolute Gasteiger partial charge is 0.253 e. The molecule has 4 rings (SSSR count). The van der Waals surface area contributed by atoms with Gasteiger partial charge in [-0.1, -0.05) is 17.7 Å². The summed E-state index contributed by atoms with van der Waals surface area (Å²) in [5.41, 5.74) is 1.66. The van der Waals surface area contributed by atoms with Gasteiger partial charge in [0.2, 0.25) is 0 Å². The number of carbonyl (C=O) groups is 1. The highest BCUT2D eigenvalue weighted by Gasteiger charge is 2.29. The van der Waals surface area contributed by atoms with Gasteiger partial charge in [-0.2, -0.15) is 0 Å². The summed E-state index contributed by atoms with van der Waals surface area (Å²) in [5, 5.41) is 12.7. The minimum Gasteiger partial charge on any atom is -0.339 e. The second-order valence-corrected chi connectivity index (χ2v) is 7.24. The quantitative estimate of drug-likeness (QED) is 0.848. The van der Waals surface area contributed by atoms with E-state index in [4.69, 9.17) is 11.6 Å². The number of nitrogens with one attached hydrogen (secondary N) is 1. The maximum absolute atomic E-state index is 12.7. The lowest BCUT2D eigenvalue weighted by molar-refractivity contribution is 0.0710. The maximum Gasteiger partial charge on any atom is 0.253 e. The van der Waals surface area contributed by atoms with Crippen LogP contribution in [0.2, 0.25) is 5.02 Å². The monoisotopic (exact) mass is 395 g/mol. The van der Waals surface area contributed by atoms with Crippen molar-refractivity contribution in [2.45, 2.75) is 38.8 Å². The molecular weight excluding hydrogens is 373 g/mol. The number of halogens is 2. The summed E-state index contributed by atoms with van der Waals surface area (Å²) in [7, 11) is 0. The molecule has 2 aromatic rings. The van der Waals surface area contributed by atoms with Crippen LogP contribution in [-0.4, -0.2) is 45.2 Å². The lowest BCUT2D eigenvalue weighted by Crippen LogP contribution is -2.39. The molecule has 0 aliphatic carbocycles. The molecule has 1 amide bonds. The number of benzene rings is 1. The minimum absolute atomic E-state index is 0. The van der Waals surface area contributed by atoms with Gasteiger partial charge in [0.05, 0.1) is 6.54 Å². The molecule has 0 spiro atoms. The summed E-state index contributed by atoms with van der Waals surface area (Å²) in [6, 6.07) is 5.53. The molecule has 6 nitrogen and oxygen atoms in total. The highest BCUT2D eigenvalue weighted by molar-refractivity contribution is 6.31. The fourth-order valence-electron chi connectivity index (χ4n) is 3.67. The van der Waals surface area contributed by atoms with Crippen molar-refractivity contribution in [2.24, 2.45) is 0 Å². The molecule has 140 valence electrons. The number of likely N-dealkylation sites (tertiary alicyclic amines) is 1. The molecule has 0 saturated carbocycles.